The highest BCUT2D eigenvalue weighted by Gasteiger charge is 2.22. The highest BCUT2D eigenvalue weighted by Crippen LogP contribution is 2.29. The van der Waals surface area contributed by atoms with Gasteiger partial charge in [0.25, 0.3) is 5.56 Å². The van der Waals surface area contributed by atoms with E-state index in [-0.39, 0.29) is 24.4 Å². The lowest BCUT2D eigenvalue weighted by atomic mass is 10.2. The molecular weight excluding hydrogens is 461 g/mol. The van der Waals surface area contributed by atoms with Crippen LogP contribution in [-0.4, -0.2) is 51.5 Å². The van der Waals surface area contributed by atoms with Crippen LogP contribution in [0.2, 0.25) is 10.0 Å². The maximum Gasteiger partial charge on any atom is 0.277 e. The third-order valence-electron chi connectivity index (χ3n) is 6.18. The number of anilines is 1. The molecule has 1 fully saturated rings. The Hall–Kier alpha value is -3.03. The number of nitrogens with zero attached hydrogens (tertiary/aromatic N) is 4. The summed E-state index contributed by atoms with van der Waals surface area (Å²) in [6.07, 6.45) is 1.78. The molecule has 5 rings (SSSR count). The Morgan fingerprint density at radius 2 is 1.88 bits per heavy atom. The number of aromatic amines is 1. The maximum absolute atomic E-state index is 13.0. The zero-order chi connectivity index (χ0) is 23.1. The number of amides is 1. The fourth-order valence-electron chi connectivity index (χ4n) is 4.38. The Labute approximate surface area is 200 Å². The number of carbonyl (C=O) groups excluding carboxylic acids is 1. The van der Waals surface area contributed by atoms with E-state index >= 15 is 0 Å². The molecule has 1 N–H and O–H groups in total. The van der Waals surface area contributed by atoms with Crippen molar-refractivity contribution in [1.82, 2.24) is 19.4 Å². The number of halogens is 2. The highest BCUT2D eigenvalue weighted by molar-refractivity contribution is 6.36. The molecule has 1 saturated heterocycles. The Kier molecular flexibility index (Phi) is 5.76. The van der Waals surface area contributed by atoms with Crippen LogP contribution in [0.3, 0.4) is 0 Å². The van der Waals surface area contributed by atoms with E-state index in [0.717, 1.165) is 22.2 Å². The fourth-order valence-corrected chi connectivity index (χ4v) is 4.90. The summed E-state index contributed by atoms with van der Waals surface area (Å²) in [7, 11) is 0. The van der Waals surface area contributed by atoms with Crippen molar-refractivity contribution in [1.29, 1.82) is 0 Å². The number of rotatable bonds is 4. The van der Waals surface area contributed by atoms with E-state index in [4.69, 9.17) is 23.2 Å². The minimum Gasteiger partial charge on any atom is -0.367 e. The summed E-state index contributed by atoms with van der Waals surface area (Å²) in [5.41, 5.74) is 3.89. The van der Waals surface area contributed by atoms with Gasteiger partial charge in [-0.25, -0.2) is 4.98 Å². The normalized spacial score (nSPS) is 14.4. The predicted molar refractivity (Wildman–Crippen MR) is 132 cm³/mol. The van der Waals surface area contributed by atoms with E-state index in [1.807, 2.05) is 42.2 Å². The molecule has 1 aliphatic rings. The first-order valence-electron chi connectivity index (χ1n) is 10.9. The van der Waals surface area contributed by atoms with Gasteiger partial charge in [-0.15, -0.1) is 0 Å². The molecule has 1 amide bonds. The summed E-state index contributed by atoms with van der Waals surface area (Å²) in [5, 5.41) is 2.13. The Morgan fingerprint density at radius 3 is 2.64 bits per heavy atom. The molecule has 2 aromatic carbocycles. The number of aromatic nitrogens is 3. The first-order valence-corrected chi connectivity index (χ1v) is 11.6. The molecule has 0 spiro atoms. The molecule has 1 aliphatic heterocycles. The van der Waals surface area contributed by atoms with Gasteiger partial charge < -0.3 is 14.8 Å². The largest absolute Gasteiger partial charge is 0.367 e. The van der Waals surface area contributed by atoms with Gasteiger partial charge in [0.05, 0.1) is 17.0 Å². The lowest BCUT2D eigenvalue weighted by Crippen LogP contribution is -2.49. The molecule has 0 radical (unpaired) electrons. The van der Waals surface area contributed by atoms with Gasteiger partial charge in [-0.3, -0.25) is 14.2 Å². The molecule has 170 valence electrons. The molecule has 7 nitrogen and oxygen atoms in total. The van der Waals surface area contributed by atoms with Crippen molar-refractivity contribution in [3.8, 4) is 0 Å². The second kappa shape index (κ2) is 8.72. The van der Waals surface area contributed by atoms with Gasteiger partial charge in [-0.1, -0.05) is 35.3 Å². The predicted octanol–water partition coefficient (Wildman–Crippen LogP) is 4.23. The monoisotopic (exact) mass is 483 g/mol. The third-order valence-corrected chi connectivity index (χ3v) is 6.71. The summed E-state index contributed by atoms with van der Waals surface area (Å²) in [6.45, 7) is 4.88. The van der Waals surface area contributed by atoms with Gasteiger partial charge >= 0.3 is 0 Å². The zero-order valence-corrected chi connectivity index (χ0v) is 19.7. The first kappa shape index (κ1) is 21.8. The summed E-state index contributed by atoms with van der Waals surface area (Å²) in [4.78, 5) is 37.4. The van der Waals surface area contributed by atoms with Crippen molar-refractivity contribution in [2.24, 2.45) is 0 Å². The van der Waals surface area contributed by atoms with E-state index in [2.05, 4.69) is 14.9 Å². The van der Waals surface area contributed by atoms with Crippen LogP contribution in [0.4, 0.5) is 5.69 Å². The SMILES string of the molecule is Cc1ccc2c(c1)[nH]c1c(=O)n(CCC(=O)N3CCN(c4ccc(Cl)cc4Cl)CC3)cnc12. The minimum absolute atomic E-state index is 0.0242. The van der Waals surface area contributed by atoms with Crippen LogP contribution in [0.1, 0.15) is 12.0 Å². The summed E-state index contributed by atoms with van der Waals surface area (Å²) in [5.74, 6) is 0.0242. The molecule has 9 heteroatoms. The number of hydrogen-bond acceptors (Lipinski definition) is 4. The van der Waals surface area contributed by atoms with E-state index in [9.17, 15) is 9.59 Å². The van der Waals surface area contributed by atoms with E-state index in [1.54, 1.807) is 6.07 Å². The molecule has 0 atom stereocenters. The smallest absolute Gasteiger partial charge is 0.277 e. The molecule has 2 aromatic heterocycles. The van der Waals surface area contributed by atoms with Crippen LogP contribution in [0.25, 0.3) is 21.9 Å². The minimum atomic E-state index is -0.163. The second-order valence-electron chi connectivity index (χ2n) is 8.35. The third kappa shape index (κ3) is 4.18. The van der Waals surface area contributed by atoms with Crippen LogP contribution in [-0.2, 0) is 11.3 Å². The second-order valence-corrected chi connectivity index (χ2v) is 9.20. The van der Waals surface area contributed by atoms with Crippen molar-refractivity contribution in [3.05, 3.63) is 68.7 Å². The topological polar surface area (TPSA) is 74.2 Å². The number of nitrogens with one attached hydrogen (secondary N) is 1. The van der Waals surface area contributed by atoms with Gasteiger partial charge in [0, 0.05) is 55.1 Å². The molecule has 3 heterocycles. The first-order chi connectivity index (χ1) is 15.9. The number of benzene rings is 2. The molecule has 0 unspecified atom stereocenters. The number of aryl methyl sites for hydroxylation is 2. The summed E-state index contributed by atoms with van der Waals surface area (Å²) < 4.78 is 1.51. The standard InChI is InChI=1S/C24H23Cl2N5O2/c1-15-2-4-17-19(12-15)28-23-22(17)27-14-31(24(23)33)7-6-21(32)30-10-8-29(9-11-30)20-5-3-16(25)13-18(20)26/h2-5,12-14,28H,6-11H2,1H3. The van der Waals surface area contributed by atoms with Crippen LogP contribution >= 0.6 is 23.2 Å². The number of fused-ring (bicyclic) bond motifs is 3. The van der Waals surface area contributed by atoms with Crippen LogP contribution < -0.4 is 10.5 Å². The average molecular weight is 484 g/mol. The Balaban J connectivity index is 1.24. The number of piperazine rings is 1. The van der Waals surface area contributed by atoms with Crippen LogP contribution in [0.15, 0.2) is 47.5 Å². The number of H-pyrrole nitrogens is 1. The average Bonchev–Trinajstić information content (AvgIpc) is 3.17. The van der Waals surface area contributed by atoms with Crippen molar-refractivity contribution in [2.75, 3.05) is 31.1 Å². The molecule has 4 aromatic rings. The van der Waals surface area contributed by atoms with Gasteiger partial charge in [-0.2, -0.15) is 0 Å². The Bertz CT molecular complexity index is 1420. The summed E-state index contributed by atoms with van der Waals surface area (Å²) in [6, 6.07) is 11.4. The Morgan fingerprint density at radius 1 is 1.09 bits per heavy atom. The van der Waals surface area contributed by atoms with Gasteiger partial charge in [0.15, 0.2) is 0 Å². The molecule has 0 bridgehead atoms. The number of hydrogen-bond donors (Lipinski definition) is 1. The lowest BCUT2D eigenvalue weighted by Gasteiger charge is -2.36. The molecule has 33 heavy (non-hydrogen) atoms. The zero-order valence-electron chi connectivity index (χ0n) is 18.1. The maximum atomic E-state index is 13.0. The van der Waals surface area contributed by atoms with Crippen LogP contribution in [0.5, 0.6) is 0 Å². The van der Waals surface area contributed by atoms with Crippen LogP contribution in [0, 0.1) is 6.92 Å². The van der Waals surface area contributed by atoms with Gasteiger partial charge in [-0.05, 0) is 36.8 Å². The van der Waals surface area contributed by atoms with E-state index in [0.29, 0.717) is 47.3 Å². The van der Waals surface area contributed by atoms with Crippen molar-refractivity contribution in [2.45, 2.75) is 19.9 Å². The fraction of sp³-hybridized carbons (Fsp3) is 0.292. The van der Waals surface area contributed by atoms with E-state index in [1.165, 1.54) is 10.9 Å². The van der Waals surface area contributed by atoms with Crippen molar-refractivity contribution in [3.63, 3.8) is 0 Å². The van der Waals surface area contributed by atoms with Gasteiger partial charge in [0.1, 0.15) is 11.0 Å². The quantitative estimate of drug-likeness (QED) is 0.471. The molecule has 0 aliphatic carbocycles. The van der Waals surface area contributed by atoms with E-state index < -0.39 is 0 Å². The highest BCUT2D eigenvalue weighted by atomic mass is 35.5. The molecule has 0 saturated carbocycles. The van der Waals surface area contributed by atoms with Gasteiger partial charge in [0.2, 0.25) is 5.91 Å². The number of carbonyl (C=O) groups is 1. The van der Waals surface area contributed by atoms with Crippen molar-refractivity contribution < 1.29 is 4.79 Å². The van der Waals surface area contributed by atoms with Crippen molar-refractivity contribution >= 4 is 56.7 Å². The summed E-state index contributed by atoms with van der Waals surface area (Å²) >= 11 is 12.3. The molecular formula is C24H23Cl2N5O2. The lowest BCUT2D eigenvalue weighted by molar-refractivity contribution is -0.131.